The SMILES string of the molecule is CC(C)NC(=O)COC(=O)CCNS(=O)(=O)c1ccc(F)c(Cl)c1. The Balaban J connectivity index is 2.44. The zero-order chi connectivity index (χ0) is 18.3. The van der Waals surface area contributed by atoms with Crippen molar-refractivity contribution in [1.82, 2.24) is 10.0 Å². The Morgan fingerprint density at radius 2 is 2.00 bits per heavy atom. The fraction of sp³-hybridized carbons (Fsp3) is 0.429. The molecule has 0 spiro atoms. The first-order valence-electron chi connectivity index (χ1n) is 7.01. The summed E-state index contributed by atoms with van der Waals surface area (Å²) in [6.07, 6.45) is -0.261. The Kier molecular flexibility index (Phi) is 7.59. The van der Waals surface area contributed by atoms with Gasteiger partial charge in [0.1, 0.15) is 5.82 Å². The molecule has 134 valence electrons. The largest absolute Gasteiger partial charge is 0.456 e. The summed E-state index contributed by atoms with van der Waals surface area (Å²) in [7, 11) is -3.93. The lowest BCUT2D eigenvalue weighted by atomic mass is 10.3. The number of carbonyl (C=O) groups excluding carboxylic acids is 2. The first-order valence-corrected chi connectivity index (χ1v) is 8.87. The zero-order valence-electron chi connectivity index (χ0n) is 13.1. The minimum atomic E-state index is -3.93. The van der Waals surface area contributed by atoms with Crippen LogP contribution in [0.1, 0.15) is 20.3 Å². The van der Waals surface area contributed by atoms with Gasteiger partial charge in [-0.2, -0.15) is 0 Å². The van der Waals surface area contributed by atoms with E-state index >= 15 is 0 Å². The van der Waals surface area contributed by atoms with Crippen molar-refractivity contribution in [3.63, 3.8) is 0 Å². The quantitative estimate of drug-likeness (QED) is 0.660. The van der Waals surface area contributed by atoms with Crippen molar-refractivity contribution in [3.8, 4) is 0 Å². The van der Waals surface area contributed by atoms with Gasteiger partial charge >= 0.3 is 5.97 Å². The number of sulfonamides is 1. The topological polar surface area (TPSA) is 102 Å². The second-order valence-electron chi connectivity index (χ2n) is 5.11. The van der Waals surface area contributed by atoms with Gasteiger partial charge in [-0.05, 0) is 32.0 Å². The van der Waals surface area contributed by atoms with E-state index in [0.717, 1.165) is 18.2 Å². The van der Waals surface area contributed by atoms with Crippen LogP contribution in [0.15, 0.2) is 23.1 Å². The Morgan fingerprint density at radius 3 is 2.58 bits per heavy atom. The van der Waals surface area contributed by atoms with Crippen molar-refractivity contribution in [1.29, 1.82) is 0 Å². The van der Waals surface area contributed by atoms with Gasteiger partial charge in [0.25, 0.3) is 5.91 Å². The predicted octanol–water partition coefficient (Wildman–Crippen LogP) is 1.22. The van der Waals surface area contributed by atoms with Gasteiger partial charge < -0.3 is 10.1 Å². The molecule has 1 rings (SSSR count). The lowest BCUT2D eigenvalue weighted by molar-refractivity contribution is -0.148. The summed E-state index contributed by atoms with van der Waals surface area (Å²) in [5, 5.41) is 2.21. The van der Waals surface area contributed by atoms with Crippen molar-refractivity contribution in [2.24, 2.45) is 0 Å². The minimum absolute atomic E-state index is 0.0782. The van der Waals surface area contributed by atoms with E-state index in [9.17, 15) is 22.4 Å². The van der Waals surface area contributed by atoms with Crippen LogP contribution in [0, 0.1) is 5.82 Å². The van der Waals surface area contributed by atoms with Gasteiger partial charge in [0, 0.05) is 12.6 Å². The zero-order valence-corrected chi connectivity index (χ0v) is 14.7. The molecule has 10 heteroatoms. The van der Waals surface area contributed by atoms with Crippen LogP contribution in [0.5, 0.6) is 0 Å². The molecule has 0 saturated carbocycles. The van der Waals surface area contributed by atoms with Crippen LogP contribution in [-0.4, -0.2) is 39.5 Å². The molecule has 7 nitrogen and oxygen atoms in total. The minimum Gasteiger partial charge on any atom is -0.456 e. The second-order valence-corrected chi connectivity index (χ2v) is 7.28. The van der Waals surface area contributed by atoms with Crippen LogP contribution in [-0.2, 0) is 24.3 Å². The van der Waals surface area contributed by atoms with Gasteiger partial charge in [0.15, 0.2) is 6.61 Å². The van der Waals surface area contributed by atoms with Crippen molar-refractivity contribution in [3.05, 3.63) is 29.0 Å². The third-order valence-electron chi connectivity index (χ3n) is 2.64. The van der Waals surface area contributed by atoms with Crippen LogP contribution >= 0.6 is 11.6 Å². The summed E-state index contributed by atoms with van der Waals surface area (Å²) < 4.78 is 43.8. The van der Waals surface area contributed by atoms with Gasteiger partial charge in [-0.1, -0.05) is 11.6 Å². The van der Waals surface area contributed by atoms with Gasteiger partial charge in [-0.3, -0.25) is 9.59 Å². The summed E-state index contributed by atoms with van der Waals surface area (Å²) >= 11 is 5.53. The number of nitrogens with one attached hydrogen (secondary N) is 2. The number of carbonyl (C=O) groups is 2. The first-order chi connectivity index (χ1) is 11.1. The van der Waals surface area contributed by atoms with E-state index in [1.165, 1.54) is 0 Å². The second kappa shape index (κ2) is 8.95. The van der Waals surface area contributed by atoms with Crippen LogP contribution in [0.3, 0.4) is 0 Å². The number of esters is 1. The monoisotopic (exact) mass is 380 g/mol. The number of benzene rings is 1. The number of halogens is 2. The molecular weight excluding hydrogens is 363 g/mol. The molecule has 0 aromatic heterocycles. The predicted molar refractivity (Wildman–Crippen MR) is 85.5 cm³/mol. The lowest BCUT2D eigenvalue weighted by Gasteiger charge is -2.09. The molecule has 0 fully saturated rings. The van der Waals surface area contributed by atoms with Gasteiger partial charge in [-0.15, -0.1) is 0 Å². The fourth-order valence-electron chi connectivity index (χ4n) is 1.60. The standard InChI is InChI=1S/C14H18ClFN2O5S/c1-9(2)18-13(19)8-23-14(20)5-6-17-24(21,22)10-3-4-12(16)11(15)7-10/h3-4,7,9,17H,5-6,8H2,1-2H3,(H,18,19). The summed E-state index contributed by atoms with van der Waals surface area (Å²) in [6, 6.07) is 2.87. The molecule has 0 aliphatic rings. The van der Waals surface area contributed by atoms with Crippen molar-refractivity contribution >= 4 is 33.5 Å². The van der Waals surface area contributed by atoms with E-state index in [-0.39, 0.29) is 28.9 Å². The van der Waals surface area contributed by atoms with Gasteiger partial charge in [0.2, 0.25) is 10.0 Å². The summed E-state index contributed by atoms with van der Waals surface area (Å²) in [5.74, 6) is -1.91. The maximum absolute atomic E-state index is 13.0. The molecule has 0 radical (unpaired) electrons. The molecule has 0 aliphatic heterocycles. The number of ether oxygens (including phenoxy) is 1. The molecule has 0 bridgehead atoms. The van der Waals surface area contributed by atoms with Crippen molar-refractivity contribution in [2.75, 3.05) is 13.2 Å². The smallest absolute Gasteiger partial charge is 0.307 e. The van der Waals surface area contributed by atoms with Gasteiger partial charge in [-0.25, -0.2) is 17.5 Å². The molecule has 1 amide bonds. The lowest BCUT2D eigenvalue weighted by Crippen LogP contribution is -2.34. The third kappa shape index (κ3) is 6.81. The third-order valence-corrected chi connectivity index (χ3v) is 4.38. The van der Waals surface area contributed by atoms with Crippen LogP contribution in [0.25, 0.3) is 0 Å². The van der Waals surface area contributed by atoms with Crippen molar-refractivity contribution in [2.45, 2.75) is 31.2 Å². The Hall–Kier alpha value is -1.71. The number of amides is 1. The summed E-state index contributed by atoms with van der Waals surface area (Å²) in [4.78, 5) is 22.5. The summed E-state index contributed by atoms with van der Waals surface area (Å²) in [6.45, 7) is 2.85. The molecule has 0 aliphatic carbocycles. The van der Waals surface area contributed by atoms with Crippen LogP contribution in [0.4, 0.5) is 4.39 Å². The molecule has 0 heterocycles. The van der Waals surface area contributed by atoms with Crippen molar-refractivity contribution < 1.29 is 27.1 Å². The van der Waals surface area contributed by atoms with Gasteiger partial charge in [0.05, 0.1) is 16.3 Å². The molecule has 1 aromatic carbocycles. The number of hydrogen-bond donors (Lipinski definition) is 2. The number of rotatable bonds is 8. The normalized spacial score (nSPS) is 11.4. The highest BCUT2D eigenvalue weighted by atomic mass is 35.5. The Bertz CT molecular complexity index is 709. The fourth-order valence-corrected chi connectivity index (χ4v) is 2.90. The average molecular weight is 381 g/mol. The average Bonchev–Trinajstić information content (AvgIpc) is 2.47. The molecule has 0 saturated heterocycles. The molecular formula is C14H18ClFN2O5S. The molecule has 24 heavy (non-hydrogen) atoms. The molecule has 0 unspecified atom stereocenters. The van der Waals surface area contributed by atoms with E-state index in [4.69, 9.17) is 16.3 Å². The highest BCUT2D eigenvalue weighted by Gasteiger charge is 2.16. The highest BCUT2D eigenvalue weighted by molar-refractivity contribution is 7.89. The van der Waals surface area contributed by atoms with E-state index in [1.54, 1.807) is 13.8 Å². The summed E-state index contributed by atoms with van der Waals surface area (Å²) in [5.41, 5.74) is 0. The van der Waals surface area contributed by atoms with E-state index in [1.807, 2.05) is 0 Å². The molecule has 0 atom stereocenters. The maximum Gasteiger partial charge on any atom is 0.307 e. The molecule has 1 aromatic rings. The van der Waals surface area contributed by atoms with Crippen LogP contribution in [0.2, 0.25) is 5.02 Å². The van der Waals surface area contributed by atoms with Crippen LogP contribution < -0.4 is 10.0 Å². The first kappa shape index (κ1) is 20.3. The Labute approximate surface area is 144 Å². The van der Waals surface area contributed by atoms with E-state index in [0.29, 0.717) is 0 Å². The Morgan fingerprint density at radius 1 is 1.33 bits per heavy atom. The highest BCUT2D eigenvalue weighted by Crippen LogP contribution is 2.19. The van der Waals surface area contributed by atoms with E-state index in [2.05, 4.69) is 10.0 Å². The van der Waals surface area contributed by atoms with E-state index < -0.39 is 34.3 Å². The maximum atomic E-state index is 13.0. The number of hydrogen-bond acceptors (Lipinski definition) is 5. The molecule has 2 N–H and O–H groups in total.